The number of hydrogen-bond donors (Lipinski definition) is 2. The fourth-order valence-corrected chi connectivity index (χ4v) is 6.20. The van der Waals surface area contributed by atoms with Crippen molar-refractivity contribution in [3.63, 3.8) is 0 Å². The van der Waals surface area contributed by atoms with Crippen molar-refractivity contribution in [1.82, 2.24) is 14.5 Å². The van der Waals surface area contributed by atoms with E-state index in [0.29, 0.717) is 33.7 Å². The first kappa shape index (κ1) is 25.8. The summed E-state index contributed by atoms with van der Waals surface area (Å²) < 4.78 is 64.8. The van der Waals surface area contributed by atoms with Crippen molar-refractivity contribution < 1.29 is 21.9 Å². The van der Waals surface area contributed by atoms with Crippen molar-refractivity contribution in [3.05, 3.63) is 90.9 Å². The Morgan fingerprint density at radius 2 is 1.73 bits per heavy atom. The maximum Gasteiger partial charge on any atom is 0.262 e. The number of nitrogens with zero attached hydrogens (tertiary/aromatic N) is 3. The Bertz CT molecular complexity index is 1820. The normalized spacial score (nSPS) is 14.1. The van der Waals surface area contributed by atoms with Gasteiger partial charge in [0.15, 0.2) is 0 Å². The highest BCUT2D eigenvalue weighted by Gasteiger charge is 2.24. The standard InChI is InChI=1S/C29H25F2N5O3S/c30-19-9-11-21(12-10-19)39-22-6-3-7-23(15-22)40(37,38)35-26-13-8-18(14-25(26)31)24-16-36(20-4-1-2-5-20)29-27(24)28(32)33-17-34-29/h3,6-17,20,35H,1-2,4-5H2,(H2,32,33,34). The first-order valence-corrected chi connectivity index (χ1v) is 14.2. The highest BCUT2D eigenvalue weighted by Crippen LogP contribution is 2.39. The van der Waals surface area contributed by atoms with Gasteiger partial charge in [-0.25, -0.2) is 27.2 Å². The Labute approximate surface area is 229 Å². The van der Waals surface area contributed by atoms with Crippen LogP contribution in [0.4, 0.5) is 20.3 Å². The van der Waals surface area contributed by atoms with E-state index >= 15 is 4.39 Å². The van der Waals surface area contributed by atoms with E-state index in [0.717, 1.165) is 25.7 Å². The summed E-state index contributed by atoms with van der Waals surface area (Å²) in [5.74, 6) is -0.312. The van der Waals surface area contributed by atoms with Gasteiger partial charge < -0.3 is 15.0 Å². The van der Waals surface area contributed by atoms with Gasteiger partial charge in [0.05, 0.1) is 16.0 Å². The molecule has 1 saturated carbocycles. The molecule has 0 spiro atoms. The minimum atomic E-state index is -4.16. The highest BCUT2D eigenvalue weighted by atomic mass is 32.2. The molecule has 0 amide bonds. The zero-order valence-electron chi connectivity index (χ0n) is 21.2. The van der Waals surface area contributed by atoms with Crippen molar-refractivity contribution in [2.24, 2.45) is 0 Å². The van der Waals surface area contributed by atoms with Crippen molar-refractivity contribution in [3.8, 4) is 22.6 Å². The van der Waals surface area contributed by atoms with Gasteiger partial charge in [-0.1, -0.05) is 25.0 Å². The van der Waals surface area contributed by atoms with Gasteiger partial charge in [-0.05, 0) is 66.9 Å². The van der Waals surface area contributed by atoms with E-state index in [9.17, 15) is 12.8 Å². The number of anilines is 2. The Morgan fingerprint density at radius 3 is 2.48 bits per heavy atom. The van der Waals surface area contributed by atoms with Crippen LogP contribution in [0.2, 0.25) is 0 Å². The number of fused-ring (bicyclic) bond motifs is 1. The lowest BCUT2D eigenvalue weighted by Gasteiger charge is -2.12. The third-order valence-corrected chi connectivity index (χ3v) is 8.41. The monoisotopic (exact) mass is 561 g/mol. The summed E-state index contributed by atoms with van der Waals surface area (Å²) in [6.45, 7) is 0. The second kappa shape index (κ2) is 10.2. The molecule has 1 fully saturated rings. The molecule has 40 heavy (non-hydrogen) atoms. The van der Waals surface area contributed by atoms with Crippen molar-refractivity contribution >= 4 is 32.6 Å². The fourth-order valence-electron chi connectivity index (χ4n) is 5.10. The fraction of sp³-hybridized carbons (Fsp3) is 0.172. The molecule has 0 bridgehead atoms. The average molecular weight is 562 g/mol. The van der Waals surface area contributed by atoms with Crippen molar-refractivity contribution in [2.45, 2.75) is 36.6 Å². The van der Waals surface area contributed by atoms with Crippen LogP contribution in [0.1, 0.15) is 31.7 Å². The van der Waals surface area contributed by atoms with E-state index in [1.807, 2.05) is 6.20 Å². The largest absolute Gasteiger partial charge is 0.457 e. The molecule has 1 aliphatic carbocycles. The van der Waals surface area contributed by atoms with Crippen LogP contribution in [0.25, 0.3) is 22.2 Å². The van der Waals surface area contributed by atoms with E-state index < -0.39 is 21.7 Å². The van der Waals surface area contributed by atoms with Gasteiger partial charge in [0.2, 0.25) is 0 Å². The zero-order valence-corrected chi connectivity index (χ0v) is 22.0. The summed E-state index contributed by atoms with van der Waals surface area (Å²) in [7, 11) is -4.16. The molecule has 0 atom stereocenters. The Hall–Kier alpha value is -4.51. The van der Waals surface area contributed by atoms with Gasteiger partial charge in [0.1, 0.15) is 40.9 Å². The van der Waals surface area contributed by atoms with Crippen LogP contribution in [0, 0.1) is 11.6 Å². The smallest absolute Gasteiger partial charge is 0.262 e. The van der Waals surface area contributed by atoms with E-state index in [1.54, 1.807) is 12.1 Å². The number of nitrogens with one attached hydrogen (secondary N) is 1. The van der Waals surface area contributed by atoms with Crippen LogP contribution < -0.4 is 15.2 Å². The van der Waals surface area contributed by atoms with Gasteiger partial charge in [0, 0.05) is 23.9 Å². The summed E-state index contributed by atoms with van der Waals surface area (Å²) in [5.41, 5.74) is 7.90. The average Bonchev–Trinajstić information content (AvgIpc) is 3.60. The Kier molecular flexibility index (Phi) is 6.59. The number of sulfonamides is 1. The van der Waals surface area contributed by atoms with Crippen LogP contribution in [0.5, 0.6) is 11.5 Å². The van der Waals surface area contributed by atoms with Crippen molar-refractivity contribution in [1.29, 1.82) is 0 Å². The predicted octanol–water partition coefficient (Wildman–Crippen LogP) is 6.67. The predicted molar refractivity (Wildman–Crippen MR) is 149 cm³/mol. The summed E-state index contributed by atoms with van der Waals surface area (Å²) in [6.07, 6.45) is 7.66. The van der Waals surface area contributed by atoms with Crippen LogP contribution >= 0.6 is 0 Å². The summed E-state index contributed by atoms with van der Waals surface area (Å²) in [6, 6.07) is 15.6. The highest BCUT2D eigenvalue weighted by molar-refractivity contribution is 7.92. The maximum absolute atomic E-state index is 15.3. The number of ether oxygens (including phenoxy) is 1. The molecule has 0 unspecified atom stereocenters. The van der Waals surface area contributed by atoms with Gasteiger partial charge in [-0.2, -0.15) is 0 Å². The van der Waals surface area contributed by atoms with E-state index in [2.05, 4.69) is 19.3 Å². The van der Waals surface area contributed by atoms with Gasteiger partial charge in [-0.3, -0.25) is 4.72 Å². The Balaban J connectivity index is 1.28. The summed E-state index contributed by atoms with van der Waals surface area (Å²) >= 11 is 0. The minimum Gasteiger partial charge on any atom is -0.457 e. The van der Waals surface area contributed by atoms with Crippen molar-refractivity contribution in [2.75, 3.05) is 10.5 Å². The van der Waals surface area contributed by atoms with E-state index in [1.165, 1.54) is 60.9 Å². The van der Waals surface area contributed by atoms with Crippen LogP contribution in [-0.4, -0.2) is 23.0 Å². The molecular weight excluding hydrogens is 536 g/mol. The van der Waals surface area contributed by atoms with Crippen LogP contribution in [0.15, 0.2) is 84.1 Å². The molecule has 2 aromatic heterocycles. The lowest BCUT2D eigenvalue weighted by Crippen LogP contribution is -2.14. The van der Waals surface area contributed by atoms with Crippen LogP contribution in [-0.2, 0) is 10.0 Å². The number of hydrogen-bond acceptors (Lipinski definition) is 6. The molecule has 5 aromatic rings. The molecule has 0 aliphatic heterocycles. The van der Waals surface area contributed by atoms with Gasteiger partial charge in [0.25, 0.3) is 10.0 Å². The number of halogens is 2. The lowest BCUT2D eigenvalue weighted by molar-refractivity contribution is 0.478. The summed E-state index contributed by atoms with van der Waals surface area (Å²) in [4.78, 5) is 8.46. The SMILES string of the molecule is Nc1ncnc2c1c(-c1ccc(NS(=O)(=O)c3cccc(Oc4ccc(F)cc4)c3)c(F)c1)cn2C1CCCC1. The second-order valence-electron chi connectivity index (χ2n) is 9.68. The third kappa shape index (κ3) is 4.95. The number of benzene rings is 3. The molecule has 11 heteroatoms. The topological polar surface area (TPSA) is 112 Å². The molecule has 8 nitrogen and oxygen atoms in total. The van der Waals surface area contributed by atoms with Gasteiger partial charge >= 0.3 is 0 Å². The Morgan fingerprint density at radius 1 is 0.950 bits per heavy atom. The molecule has 0 radical (unpaired) electrons. The molecule has 3 aromatic carbocycles. The number of aromatic nitrogens is 3. The number of nitrogen functional groups attached to an aromatic ring is 1. The molecule has 204 valence electrons. The quantitative estimate of drug-likeness (QED) is 0.230. The van der Waals surface area contributed by atoms with E-state index in [4.69, 9.17) is 10.5 Å². The summed E-state index contributed by atoms with van der Waals surface area (Å²) in [5, 5.41) is 0.639. The molecule has 2 heterocycles. The zero-order chi connectivity index (χ0) is 27.9. The molecule has 6 rings (SSSR count). The molecular formula is C29H25F2N5O3S. The first-order chi connectivity index (χ1) is 19.3. The maximum atomic E-state index is 15.3. The van der Waals surface area contributed by atoms with E-state index in [-0.39, 0.29) is 22.4 Å². The third-order valence-electron chi connectivity index (χ3n) is 7.05. The first-order valence-electron chi connectivity index (χ1n) is 12.8. The molecule has 0 saturated heterocycles. The second-order valence-corrected chi connectivity index (χ2v) is 11.4. The number of rotatable bonds is 7. The minimum absolute atomic E-state index is 0.125. The lowest BCUT2D eigenvalue weighted by atomic mass is 10.1. The molecule has 1 aliphatic rings. The van der Waals surface area contributed by atoms with Crippen LogP contribution in [0.3, 0.4) is 0 Å². The van der Waals surface area contributed by atoms with Gasteiger partial charge in [-0.15, -0.1) is 0 Å². The number of nitrogens with two attached hydrogens (primary N) is 1. The molecule has 3 N–H and O–H groups in total.